The Morgan fingerprint density at radius 3 is 2.12 bits per heavy atom. The van der Waals surface area contributed by atoms with Crippen LogP contribution >= 0.6 is 11.3 Å². The van der Waals surface area contributed by atoms with Crippen molar-refractivity contribution in [1.82, 2.24) is 9.58 Å². The van der Waals surface area contributed by atoms with Crippen LogP contribution in [-0.2, 0) is 6.54 Å². The summed E-state index contributed by atoms with van der Waals surface area (Å²) in [5.74, 6) is 6.72. The SMILES string of the molecule is NN(Cc1ccccc1)C(/N=C/c1cccc(-n2c3ccc(-c4ccccc4)cc3c3cc4sc5ccccc5c4cc32)c1)c1ccccc1. The number of aromatic nitrogens is 1. The minimum Gasteiger partial charge on any atom is -0.309 e. The van der Waals surface area contributed by atoms with Crippen molar-refractivity contribution in [3.63, 3.8) is 0 Å². The normalized spacial score (nSPS) is 12.6. The van der Waals surface area contributed by atoms with Gasteiger partial charge in [-0.25, -0.2) is 5.01 Å². The molecule has 2 N–H and O–H groups in total. The van der Waals surface area contributed by atoms with E-state index in [0.717, 1.165) is 22.4 Å². The molecule has 4 nitrogen and oxygen atoms in total. The molecule has 7 aromatic carbocycles. The first-order valence-electron chi connectivity index (χ1n) is 16.9. The van der Waals surface area contributed by atoms with Crippen molar-refractivity contribution in [3.8, 4) is 16.8 Å². The van der Waals surface area contributed by atoms with Crippen LogP contribution in [0.3, 0.4) is 0 Å². The molecule has 5 heteroatoms. The highest BCUT2D eigenvalue weighted by molar-refractivity contribution is 7.25. The van der Waals surface area contributed by atoms with Crippen LogP contribution in [0.5, 0.6) is 0 Å². The van der Waals surface area contributed by atoms with E-state index in [2.05, 4.69) is 138 Å². The third kappa shape index (κ3) is 5.57. The zero-order chi connectivity index (χ0) is 33.4. The van der Waals surface area contributed by atoms with Gasteiger partial charge in [-0.05, 0) is 70.3 Å². The zero-order valence-electron chi connectivity index (χ0n) is 27.4. The molecule has 1 unspecified atom stereocenters. The Kier molecular flexibility index (Phi) is 7.79. The second-order valence-electron chi connectivity index (χ2n) is 12.7. The van der Waals surface area contributed by atoms with Gasteiger partial charge in [0.05, 0.1) is 11.0 Å². The molecule has 0 fully saturated rings. The van der Waals surface area contributed by atoms with Gasteiger partial charge in [0, 0.05) is 49.4 Å². The van der Waals surface area contributed by atoms with Crippen molar-refractivity contribution < 1.29 is 0 Å². The molecule has 0 spiro atoms. The molecule has 0 saturated heterocycles. The summed E-state index contributed by atoms with van der Waals surface area (Å²) in [6, 6.07) is 60.2. The molecule has 0 radical (unpaired) electrons. The van der Waals surface area contributed by atoms with Gasteiger partial charge in [0.25, 0.3) is 0 Å². The van der Waals surface area contributed by atoms with Crippen LogP contribution in [0, 0.1) is 0 Å². The van der Waals surface area contributed by atoms with Crippen LogP contribution in [0.4, 0.5) is 0 Å². The number of hydrogen-bond acceptors (Lipinski definition) is 4. The highest BCUT2D eigenvalue weighted by atomic mass is 32.1. The summed E-state index contributed by atoms with van der Waals surface area (Å²) < 4.78 is 5.02. The number of nitrogens with two attached hydrogens (primary N) is 1. The first-order chi connectivity index (χ1) is 24.7. The maximum Gasteiger partial charge on any atom is 0.140 e. The second kappa shape index (κ2) is 12.9. The van der Waals surface area contributed by atoms with Gasteiger partial charge in [-0.2, -0.15) is 0 Å². The van der Waals surface area contributed by atoms with Gasteiger partial charge in [0.2, 0.25) is 0 Å². The smallest absolute Gasteiger partial charge is 0.140 e. The molecule has 0 amide bonds. The molecule has 0 bridgehead atoms. The van der Waals surface area contributed by atoms with Crippen molar-refractivity contribution in [2.24, 2.45) is 10.8 Å². The van der Waals surface area contributed by atoms with Gasteiger partial charge in [0.1, 0.15) is 6.17 Å². The minimum absolute atomic E-state index is 0.343. The number of benzene rings is 7. The number of hydrogen-bond donors (Lipinski definition) is 1. The molecule has 240 valence electrons. The minimum atomic E-state index is -0.343. The molecule has 9 rings (SSSR count). The Hall–Kier alpha value is -5.85. The van der Waals surface area contributed by atoms with Gasteiger partial charge < -0.3 is 4.57 Å². The topological polar surface area (TPSA) is 46.5 Å². The number of rotatable bonds is 8. The standard InChI is InChI=1S/C45H34N4S/c46-48(30-31-13-4-1-5-14-31)45(34-18-8-3-9-19-34)47-29-32-15-12-20-36(25-32)49-41-24-23-35(33-16-6-2-7-17-33)26-38(41)39-28-44-40(27-42(39)49)37-21-10-11-22-43(37)50-44/h1-29,45H,30,46H2/b47-29+. The summed E-state index contributed by atoms with van der Waals surface area (Å²) in [6.45, 7) is 0.579. The first kappa shape index (κ1) is 30.2. The van der Waals surface area contributed by atoms with E-state index in [4.69, 9.17) is 10.8 Å². The number of nitrogens with zero attached hydrogens (tertiary/aromatic N) is 3. The van der Waals surface area contributed by atoms with Gasteiger partial charge >= 0.3 is 0 Å². The first-order valence-corrected chi connectivity index (χ1v) is 17.7. The predicted octanol–water partition coefficient (Wildman–Crippen LogP) is 11.3. The van der Waals surface area contributed by atoms with Crippen molar-refractivity contribution in [2.75, 3.05) is 0 Å². The highest BCUT2D eigenvalue weighted by Crippen LogP contribution is 2.41. The van der Waals surface area contributed by atoms with Crippen LogP contribution in [0.1, 0.15) is 22.9 Å². The van der Waals surface area contributed by atoms with E-state index >= 15 is 0 Å². The third-order valence-electron chi connectivity index (χ3n) is 9.48. The highest BCUT2D eigenvalue weighted by Gasteiger charge is 2.18. The zero-order valence-corrected chi connectivity index (χ0v) is 28.2. The number of hydrazine groups is 1. The van der Waals surface area contributed by atoms with Gasteiger partial charge in [0.15, 0.2) is 0 Å². The molecule has 0 aliphatic carbocycles. The summed E-state index contributed by atoms with van der Waals surface area (Å²) in [7, 11) is 0. The predicted molar refractivity (Wildman–Crippen MR) is 212 cm³/mol. The average Bonchev–Trinajstić information content (AvgIpc) is 3.69. The fraction of sp³-hybridized carbons (Fsp3) is 0.0444. The maximum absolute atomic E-state index is 6.72. The van der Waals surface area contributed by atoms with Crippen LogP contribution in [-0.4, -0.2) is 15.8 Å². The van der Waals surface area contributed by atoms with E-state index in [1.807, 2.05) is 53.9 Å². The number of fused-ring (bicyclic) bond motifs is 6. The summed E-state index contributed by atoms with van der Waals surface area (Å²) in [4.78, 5) is 5.09. The molecule has 1 atom stereocenters. The van der Waals surface area contributed by atoms with Crippen molar-refractivity contribution in [3.05, 3.63) is 187 Å². The Morgan fingerprint density at radius 1 is 0.580 bits per heavy atom. The van der Waals surface area contributed by atoms with Gasteiger partial charge in [-0.1, -0.05) is 127 Å². The van der Waals surface area contributed by atoms with Crippen LogP contribution in [0.2, 0.25) is 0 Å². The summed E-state index contributed by atoms with van der Waals surface area (Å²) >= 11 is 1.86. The molecular formula is C45H34N4S. The summed E-state index contributed by atoms with van der Waals surface area (Å²) in [6.07, 6.45) is 1.61. The largest absolute Gasteiger partial charge is 0.309 e. The van der Waals surface area contributed by atoms with E-state index < -0.39 is 0 Å². The van der Waals surface area contributed by atoms with E-state index in [1.165, 1.54) is 53.1 Å². The number of thiophene rings is 1. The lowest BCUT2D eigenvalue weighted by Crippen LogP contribution is -2.34. The monoisotopic (exact) mass is 662 g/mol. The molecule has 2 heterocycles. The molecule has 0 saturated carbocycles. The Balaban J connectivity index is 1.18. The second-order valence-corrected chi connectivity index (χ2v) is 13.8. The fourth-order valence-electron chi connectivity index (χ4n) is 7.10. The Bertz CT molecular complexity index is 2640. The van der Waals surface area contributed by atoms with Crippen LogP contribution in [0.15, 0.2) is 175 Å². The molecule has 0 aliphatic heterocycles. The van der Waals surface area contributed by atoms with E-state index in [0.29, 0.717) is 6.54 Å². The van der Waals surface area contributed by atoms with Crippen molar-refractivity contribution in [1.29, 1.82) is 0 Å². The Morgan fingerprint density at radius 2 is 1.30 bits per heavy atom. The lowest BCUT2D eigenvalue weighted by Gasteiger charge is -2.24. The third-order valence-corrected chi connectivity index (χ3v) is 10.6. The van der Waals surface area contributed by atoms with Gasteiger partial charge in [-0.15, -0.1) is 11.3 Å². The van der Waals surface area contributed by atoms with E-state index in [-0.39, 0.29) is 6.17 Å². The molecule has 0 aliphatic rings. The summed E-state index contributed by atoms with van der Waals surface area (Å²) in [5.41, 5.74) is 9.07. The van der Waals surface area contributed by atoms with Gasteiger partial charge in [-0.3, -0.25) is 10.8 Å². The lowest BCUT2D eigenvalue weighted by atomic mass is 10.0. The fourth-order valence-corrected chi connectivity index (χ4v) is 8.22. The molecular weight excluding hydrogens is 629 g/mol. The number of aliphatic imine (C=N–C) groups is 1. The average molecular weight is 663 g/mol. The van der Waals surface area contributed by atoms with E-state index in [9.17, 15) is 0 Å². The molecule has 9 aromatic rings. The summed E-state index contributed by atoms with van der Waals surface area (Å²) in [5, 5.41) is 6.88. The van der Waals surface area contributed by atoms with Crippen molar-refractivity contribution >= 4 is 59.5 Å². The quantitative estimate of drug-likeness (QED) is 0.1000. The Labute approximate surface area is 295 Å². The molecule has 2 aromatic heterocycles. The van der Waals surface area contributed by atoms with Crippen LogP contribution < -0.4 is 5.84 Å². The van der Waals surface area contributed by atoms with Crippen LogP contribution in [0.25, 0.3) is 58.8 Å². The molecule has 50 heavy (non-hydrogen) atoms. The van der Waals surface area contributed by atoms with E-state index in [1.54, 1.807) is 5.01 Å². The maximum atomic E-state index is 6.72. The van der Waals surface area contributed by atoms with Crippen molar-refractivity contribution in [2.45, 2.75) is 12.7 Å². The lowest BCUT2D eigenvalue weighted by molar-refractivity contribution is 0.199.